The number of halogens is 1. The van der Waals surface area contributed by atoms with E-state index < -0.39 is 5.97 Å². The molecule has 0 aliphatic rings. The second kappa shape index (κ2) is 12.4. The van der Waals surface area contributed by atoms with Gasteiger partial charge in [-0.3, -0.25) is 4.79 Å². The van der Waals surface area contributed by atoms with Crippen molar-refractivity contribution in [2.75, 3.05) is 0 Å². The molecule has 0 aliphatic heterocycles. The van der Waals surface area contributed by atoms with Crippen LogP contribution in [-0.4, -0.2) is 21.6 Å². The quantitative estimate of drug-likeness (QED) is 0.179. The normalized spacial score (nSPS) is 11.0. The Morgan fingerprint density at radius 3 is 2.07 bits per heavy atom. The number of carboxylic acids is 1. The molecule has 1 aromatic heterocycles. The molecule has 0 radical (unpaired) electrons. The Kier molecular flexibility index (Phi) is 8.07. The lowest BCUT2D eigenvalue weighted by Crippen LogP contribution is -2.23. The van der Waals surface area contributed by atoms with E-state index in [0.717, 1.165) is 42.9 Å². The zero-order chi connectivity index (χ0) is 29.8. The number of hydrogen-bond acceptors (Lipinski definition) is 3. The molecule has 0 atom stereocenters. The summed E-state index contributed by atoms with van der Waals surface area (Å²) in [5, 5.41) is 13.1. The van der Waals surface area contributed by atoms with Crippen molar-refractivity contribution in [2.45, 2.75) is 22.9 Å². The smallest absolute Gasteiger partial charge is 0.335 e. The van der Waals surface area contributed by atoms with Crippen LogP contribution in [0.3, 0.4) is 0 Å². The zero-order valence-corrected chi connectivity index (χ0v) is 23.9. The highest BCUT2D eigenvalue weighted by Gasteiger charge is 2.17. The lowest BCUT2D eigenvalue weighted by Gasteiger charge is -2.13. The largest absolute Gasteiger partial charge is 0.478 e. The van der Waals surface area contributed by atoms with E-state index in [-0.39, 0.29) is 23.8 Å². The summed E-state index contributed by atoms with van der Waals surface area (Å²) in [7, 11) is 0. The number of nitrogens with zero attached hydrogens (tertiary/aromatic N) is 1. The summed E-state index contributed by atoms with van der Waals surface area (Å²) in [6, 6.07) is 37.1. The first-order chi connectivity index (χ1) is 20.9. The SMILES string of the molecule is O=C(O)c1ccc(CNC(=O)c2ccc(Sc3ccccc3)c3ccn(Cc4ccc(-c5ccc(F)cc5)cc4)c23)cc1. The number of amides is 1. The summed E-state index contributed by atoms with van der Waals surface area (Å²) in [4.78, 5) is 26.9. The van der Waals surface area contributed by atoms with Crippen LogP contribution in [0.4, 0.5) is 4.39 Å². The third kappa shape index (κ3) is 6.37. The topological polar surface area (TPSA) is 71.3 Å². The number of carboxylic acid groups (broad SMARTS) is 1. The van der Waals surface area contributed by atoms with Gasteiger partial charge in [0, 0.05) is 34.5 Å². The molecule has 0 aliphatic carbocycles. The van der Waals surface area contributed by atoms with Gasteiger partial charge in [0.15, 0.2) is 0 Å². The molecular formula is C36H27FN2O3S. The van der Waals surface area contributed by atoms with Crippen molar-refractivity contribution in [1.29, 1.82) is 0 Å². The van der Waals surface area contributed by atoms with Gasteiger partial charge in [0.1, 0.15) is 5.82 Å². The van der Waals surface area contributed by atoms with E-state index in [0.29, 0.717) is 12.1 Å². The fourth-order valence-electron chi connectivity index (χ4n) is 5.00. The van der Waals surface area contributed by atoms with Crippen LogP contribution in [0.15, 0.2) is 137 Å². The van der Waals surface area contributed by atoms with Crippen molar-refractivity contribution in [3.8, 4) is 11.1 Å². The predicted molar refractivity (Wildman–Crippen MR) is 168 cm³/mol. The van der Waals surface area contributed by atoms with Gasteiger partial charge in [0.05, 0.1) is 16.6 Å². The van der Waals surface area contributed by atoms with E-state index in [1.807, 2.05) is 60.8 Å². The van der Waals surface area contributed by atoms with E-state index in [1.165, 1.54) is 24.3 Å². The summed E-state index contributed by atoms with van der Waals surface area (Å²) in [6.45, 7) is 0.829. The van der Waals surface area contributed by atoms with Crippen LogP contribution in [0.1, 0.15) is 31.8 Å². The second-order valence-corrected chi connectivity index (χ2v) is 11.2. The predicted octanol–water partition coefficient (Wildman–Crippen LogP) is 8.28. The van der Waals surface area contributed by atoms with Gasteiger partial charge in [-0.25, -0.2) is 9.18 Å². The van der Waals surface area contributed by atoms with Gasteiger partial charge in [0.2, 0.25) is 0 Å². The summed E-state index contributed by atoms with van der Waals surface area (Å²) >= 11 is 1.65. The highest BCUT2D eigenvalue weighted by atomic mass is 32.2. The van der Waals surface area contributed by atoms with Gasteiger partial charge < -0.3 is 15.0 Å². The van der Waals surface area contributed by atoms with Crippen molar-refractivity contribution >= 4 is 34.5 Å². The van der Waals surface area contributed by atoms with Gasteiger partial charge in [-0.1, -0.05) is 78.5 Å². The molecule has 5 aromatic carbocycles. The van der Waals surface area contributed by atoms with Gasteiger partial charge >= 0.3 is 5.97 Å². The van der Waals surface area contributed by atoms with Crippen molar-refractivity contribution in [3.63, 3.8) is 0 Å². The first kappa shape index (κ1) is 28.0. The fourth-order valence-corrected chi connectivity index (χ4v) is 5.96. The number of aromatic nitrogens is 1. The van der Waals surface area contributed by atoms with Gasteiger partial charge in [-0.15, -0.1) is 0 Å². The van der Waals surface area contributed by atoms with Gasteiger partial charge in [-0.2, -0.15) is 0 Å². The van der Waals surface area contributed by atoms with E-state index in [9.17, 15) is 14.0 Å². The standard InChI is InChI=1S/C36H27FN2O3S/c37-29-16-14-27(15-17-29)26-10-8-25(9-11-26)23-39-21-20-31-33(43-30-4-2-1-3-5-30)19-18-32(34(31)39)35(40)38-22-24-6-12-28(13-7-24)36(41)42/h1-21H,22-23H2,(H,38,40)(H,41,42). The van der Waals surface area contributed by atoms with Crippen molar-refractivity contribution < 1.29 is 19.1 Å². The minimum absolute atomic E-state index is 0.201. The van der Waals surface area contributed by atoms with Gasteiger partial charge in [0.25, 0.3) is 5.91 Å². The average Bonchev–Trinajstić information content (AvgIpc) is 3.45. The number of nitrogens with one attached hydrogen (secondary N) is 1. The average molecular weight is 587 g/mol. The second-order valence-electron chi connectivity index (χ2n) is 10.1. The molecule has 5 nitrogen and oxygen atoms in total. The Labute approximate surface area is 252 Å². The highest BCUT2D eigenvalue weighted by molar-refractivity contribution is 7.99. The number of carbonyl (C=O) groups is 2. The Hall–Kier alpha value is -5.14. The van der Waals surface area contributed by atoms with Crippen molar-refractivity contribution in [2.24, 2.45) is 0 Å². The number of hydrogen-bond donors (Lipinski definition) is 2. The lowest BCUT2D eigenvalue weighted by atomic mass is 10.0. The zero-order valence-electron chi connectivity index (χ0n) is 23.0. The molecule has 212 valence electrons. The maximum absolute atomic E-state index is 13.6. The molecule has 2 N–H and O–H groups in total. The molecule has 0 spiro atoms. The molecule has 0 saturated carbocycles. The van der Waals surface area contributed by atoms with Crippen LogP contribution in [-0.2, 0) is 13.1 Å². The Morgan fingerprint density at radius 1 is 0.744 bits per heavy atom. The van der Waals surface area contributed by atoms with Crippen LogP contribution in [0.25, 0.3) is 22.0 Å². The molecule has 6 aromatic rings. The molecular weight excluding hydrogens is 559 g/mol. The van der Waals surface area contributed by atoms with Crippen molar-refractivity contribution in [3.05, 3.63) is 156 Å². The Morgan fingerprint density at radius 2 is 1.40 bits per heavy atom. The summed E-state index contributed by atoms with van der Waals surface area (Å²) < 4.78 is 15.5. The summed E-state index contributed by atoms with van der Waals surface area (Å²) in [5.41, 5.74) is 5.41. The Bertz CT molecular complexity index is 1900. The number of aromatic carboxylic acids is 1. The van der Waals surface area contributed by atoms with Crippen LogP contribution in [0.2, 0.25) is 0 Å². The van der Waals surface area contributed by atoms with E-state index in [2.05, 4.69) is 28.1 Å². The van der Waals surface area contributed by atoms with Crippen molar-refractivity contribution in [1.82, 2.24) is 9.88 Å². The third-order valence-corrected chi connectivity index (χ3v) is 8.32. The lowest BCUT2D eigenvalue weighted by molar-refractivity contribution is 0.0696. The third-order valence-electron chi connectivity index (χ3n) is 7.24. The molecule has 1 heterocycles. The number of benzene rings is 5. The molecule has 0 unspecified atom stereocenters. The Balaban J connectivity index is 1.30. The molecule has 1 amide bonds. The van der Waals surface area contributed by atoms with E-state index in [4.69, 9.17) is 5.11 Å². The number of carbonyl (C=O) groups excluding carboxylic acids is 1. The number of fused-ring (bicyclic) bond motifs is 1. The minimum Gasteiger partial charge on any atom is -0.478 e. The summed E-state index contributed by atoms with van der Waals surface area (Å²) in [6.07, 6.45) is 2.01. The minimum atomic E-state index is -0.989. The molecule has 0 saturated heterocycles. The number of rotatable bonds is 9. The molecule has 6 rings (SSSR count). The fraction of sp³-hybridized carbons (Fsp3) is 0.0556. The maximum Gasteiger partial charge on any atom is 0.335 e. The molecule has 7 heteroatoms. The molecule has 43 heavy (non-hydrogen) atoms. The first-order valence-corrected chi connectivity index (χ1v) is 14.6. The highest BCUT2D eigenvalue weighted by Crippen LogP contribution is 2.36. The summed E-state index contributed by atoms with van der Waals surface area (Å²) in [5.74, 6) is -1.46. The molecule has 0 bridgehead atoms. The maximum atomic E-state index is 13.6. The first-order valence-electron chi connectivity index (χ1n) is 13.7. The van der Waals surface area contributed by atoms with Crippen LogP contribution >= 0.6 is 11.8 Å². The van der Waals surface area contributed by atoms with E-state index in [1.54, 1.807) is 36.0 Å². The van der Waals surface area contributed by atoms with Gasteiger partial charge in [-0.05, 0) is 76.9 Å². The van der Waals surface area contributed by atoms with Crippen LogP contribution in [0.5, 0.6) is 0 Å². The monoisotopic (exact) mass is 586 g/mol. The van der Waals surface area contributed by atoms with Crippen LogP contribution < -0.4 is 5.32 Å². The van der Waals surface area contributed by atoms with Crippen LogP contribution in [0, 0.1) is 5.82 Å². The van der Waals surface area contributed by atoms with E-state index >= 15 is 0 Å². The molecule has 0 fully saturated rings.